The number of aromatic nitrogens is 4. The van der Waals surface area contributed by atoms with Crippen molar-refractivity contribution in [1.29, 1.82) is 0 Å². The molecular formula is C18H16N4S. The van der Waals surface area contributed by atoms with Gasteiger partial charge in [-0.05, 0) is 50.1 Å². The molecule has 2 aromatic carbocycles. The topological polar surface area (TPSA) is 43.6 Å². The first-order valence-corrected chi connectivity index (χ1v) is 8.29. The van der Waals surface area contributed by atoms with Crippen molar-refractivity contribution >= 4 is 21.6 Å². The van der Waals surface area contributed by atoms with Crippen LogP contribution in [-0.4, -0.2) is 19.7 Å². The second-order valence-corrected chi connectivity index (χ2v) is 6.89. The highest BCUT2D eigenvalue weighted by molar-refractivity contribution is 7.18. The number of benzene rings is 2. The lowest BCUT2D eigenvalue weighted by Crippen LogP contribution is -2.04. The molecule has 2 heterocycles. The normalized spacial score (nSPS) is 11.3. The third kappa shape index (κ3) is 2.33. The Balaban J connectivity index is 1.91. The molecule has 0 aliphatic heterocycles. The molecule has 2 aromatic heterocycles. The average molecular weight is 320 g/mol. The summed E-state index contributed by atoms with van der Waals surface area (Å²) in [5, 5.41) is 5.54. The summed E-state index contributed by atoms with van der Waals surface area (Å²) in [6.07, 6.45) is 1.61. The van der Waals surface area contributed by atoms with Gasteiger partial charge >= 0.3 is 0 Å². The zero-order valence-corrected chi connectivity index (χ0v) is 14.1. The van der Waals surface area contributed by atoms with Crippen LogP contribution in [0.1, 0.15) is 16.1 Å². The lowest BCUT2D eigenvalue weighted by Gasteiger charge is -2.12. The van der Waals surface area contributed by atoms with E-state index in [9.17, 15) is 0 Å². The SMILES string of the molecule is Cc1nc2ccc(-c3ncnn3-c3c(C)cccc3C)cc2s1. The summed E-state index contributed by atoms with van der Waals surface area (Å²) < 4.78 is 3.11. The van der Waals surface area contributed by atoms with E-state index in [1.165, 1.54) is 15.8 Å². The first kappa shape index (κ1) is 14.1. The van der Waals surface area contributed by atoms with Crippen LogP contribution in [0.25, 0.3) is 27.3 Å². The van der Waals surface area contributed by atoms with Crippen molar-refractivity contribution in [2.24, 2.45) is 0 Å². The molecule has 0 bridgehead atoms. The summed E-state index contributed by atoms with van der Waals surface area (Å²) in [6, 6.07) is 12.5. The molecule has 0 saturated heterocycles. The van der Waals surface area contributed by atoms with Crippen LogP contribution in [0.15, 0.2) is 42.7 Å². The zero-order valence-electron chi connectivity index (χ0n) is 13.2. The Labute approximate surface area is 138 Å². The van der Waals surface area contributed by atoms with Crippen molar-refractivity contribution in [3.63, 3.8) is 0 Å². The smallest absolute Gasteiger partial charge is 0.163 e. The van der Waals surface area contributed by atoms with Crippen LogP contribution in [0, 0.1) is 20.8 Å². The van der Waals surface area contributed by atoms with Gasteiger partial charge in [-0.1, -0.05) is 18.2 Å². The highest BCUT2D eigenvalue weighted by Crippen LogP contribution is 2.29. The number of para-hydroxylation sites is 1. The molecule has 23 heavy (non-hydrogen) atoms. The summed E-state index contributed by atoms with van der Waals surface area (Å²) in [6.45, 7) is 6.23. The fourth-order valence-corrected chi connectivity index (χ4v) is 3.79. The van der Waals surface area contributed by atoms with E-state index >= 15 is 0 Å². The van der Waals surface area contributed by atoms with Crippen molar-refractivity contribution < 1.29 is 0 Å². The first-order valence-electron chi connectivity index (χ1n) is 7.47. The number of hydrogen-bond acceptors (Lipinski definition) is 4. The Hall–Kier alpha value is -2.53. The number of fused-ring (bicyclic) bond motifs is 1. The number of rotatable bonds is 2. The van der Waals surface area contributed by atoms with Crippen molar-refractivity contribution in [2.75, 3.05) is 0 Å². The quantitative estimate of drug-likeness (QED) is 0.547. The molecule has 0 fully saturated rings. The molecule has 0 aliphatic carbocycles. The third-order valence-corrected chi connectivity index (χ3v) is 4.89. The largest absolute Gasteiger partial charge is 0.242 e. The van der Waals surface area contributed by atoms with Gasteiger partial charge in [0.1, 0.15) is 6.33 Å². The van der Waals surface area contributed by atoms with E-state index < -0.39 is 0 Å². The second kappa shape index (κ2) is 5.28. The number of aryl methyl sites for hydroxylation is 3. The van der Waals surface area contributed by atoms with E-state index in [0.29, 0.717) is 0 Å². The molecule has 4 nitrogen and oxygen atoms in total. The number of thiazole rings is 1. The van der Waals surface area contributed by atoms with Gasteiger partial charge < -0.3 is 0 Å². The minimum Gasteiger partial charge on any atom is -0.242 e. The van der Waals surface area contributed by atoms with E-state index in [1.807, 2.05) is 11.6 Å². The van der Waals surface area contributed by atoms with Crippen molar-refractivity contribution in [3.05, 3.63) is 58.9 Å². The molecule has 114 valence electrons. The lowest BCUT2D eigenvalue weighted by molar-refractivity contribution is 0.871. The van der Waals surface area contributed by atoms with Gasteiger partial charge in [0.05, 0.1) is 20.9 Å². The summed E-state index contributed by atoms with van der Waals surface area (Å²) in [5.74, 6) is 0.857. The van der Waals surface area contributed by atoms with Crippen molar-refractivity contribution in [1.82, 2.24) is 19.7 Å². The van der Waals surface area contributed by atoms with E-state index in [2.05, 4.69) is 65.3 Å². The predicted octanol–water partition coefficient (Wildman–Crippen LogP) is 4.47. The molecule has 0 N–H and O–H groups in total. The summed E-state index contributed by atoms with van der Waals surface area (Å²) in [4.78, 5) is 9.01. The average Bonchev–Trinajstić information content (AvgIpc) is 3.11. The van der Waals surface area contributed by atoms with E-state index in [-0.39, 0.29) is 0 Å². The van der Waals surface area contributed by atoms with Gasteiger partial charge in [-0.2, -0.15) is 5.10 Å². The highest BCUT2D eigenvalue weighted by atomic mass is 32.1. The molecule has 4 aromatic rings. The van der Waals surface area contributed by atoms with Crippen LogP contribution in [0.5, 0.6) is 0 Å². The van der Waals surface area contributed by atoms with Crippen molar-refractivity contribution in [3.8, 4) is 17.1 Å². The Kier molecular flexibility index (Phi) is 3.23. The number of nitrogens with zero attached hydrogens (tertiary/aromatic N) is 4. The Morgan fingerprint density at radius 2 is 1.78 bits per heavy atom. The Bertz CT molecular complexity index is 993. The molecule has 4 rings (SSSR count). The van der Waals surface area contributed by atoms with Gasteiger partial charge in [-0.3, -0.25) is 0 Å². The van der Waals surface area contributed by atoms with Gasteiger partial charge in [0, 0.05) is 5.56 Å². The predicted molar refractivity (Wildman–Crippen MR) is 94.2 cm³/mol. The molecule has 0 radical (unpaired) electrons. The first-order chi connectivity index (χ1) is 11.1. The maximum atomic E-state index is 4.52. The molecule has 0 atom stereocenters. The molecule has 5 heteroatoms. The number of hydrogen-bond donors (Lipinski definition) is 0. The fraction of sp³-hybridized carbons (Fsp3) is 0.167. The third-order valence-electron chi connectivity index (χ3n) is 3.95. The molecule has 0 saturated carbocycles. The summed E-state index contributed by atoms with van der Waals surface area (Å²) in [5.41, 5.74) is 5.56. The standard InChI is InChI=1S/C18H16N4S/c1-11-5-4-6-12(2)17(11)22-18(19-10-20-22)14-7-8-15-16(9-14)23-13(3)21-15/h4-10H,1-3H3. The van der Waals surface area contributed by atoms with Crippen LogP contribution in [0.3, 0.4) is 0 Å². The van der Waals surface area contributed by atoms with Gasteiger partial charge in [0.2, 0.25) is 0 Å². The maximum Gasteiger partial charge on any atom is 0.163 e. The van der Waals surface area contributed by atoms with E-state index in [1.54, 1.807) is 17.7 Å². The van der Waals surface area contributed by atoms with Gasteiger partial charge in [0.25, 0.3) is 0 Å². The monoisotopic (exact) mass is 320 g/mol. The molecule has 0 amide bonds. The van der Waals surface area contributed by atoms with Crippen LogP contribution >= 0.6 is 11.3 Å². The van der Waals surface area contributed by atoms with Crippen molar-refractivity contribution in [2.45, 2.75) is 20.8 Å². The fourth-order valence-electron chi connectivity index (χ4n) is 2.92. The van der Waals surface area contributed by atoms with E-state index in [0.717, 1.165) is 27.6 Å². The molecular weight excluding hydrogens is 304 g/mol. The summed E-state index contributed by atoms with van der Waals surface area (Å²) in [7, 11) is 0. The van der Waals surface area contributed by atoms with Crippen LogP contribution in [0.2, 0.25) is 0 Å². The van der Waals surface area contributed by atoms with Crippen LogP contribution < -0.4 is 0 Å². The minimum absolute atomic E-state index is 0.857. The summed E-state index contributed by atoms with van der Waals surface area (Å²) >= 11 is 1.70. The molecule has 0 aliphatic rings. The Morgan fingerprint density at radius 1 is 1.00 bits per heavy atom. The minimum atomic E-state index is 0.857. The maximum absolute atomic E-state index is 4.52. The molecule has 0 unspecified atom stereocenters. The van der Waals surface area contributed by atoms with Gasteiger partial charge in [-0.25, -0.2) is 14.6 Å². The second-order valence-electron chi connectivity index (χ2n) is 5.65. The highest BCUT2D eigenvalue weighted by Gasteiger charge is 2.14. The van der Waals surface area contributed by atoms with E-state index in [4.69, 9.17) is 0 Å². The van der Waals surface area contributed by atoms with Crippen LogP contribution in [0.4, 0.5) is 0 Å². The molecule has 0 spiro atoms. The lowest BCUT2D eigenvalue weighted by atomic mass is 10.1. The van der Waals surface area contributed by atoms with Gasteiger partial charge in [0.15, 0.2) is 5.82 Å². The zero-order chi connectivity index (χ0) is 16.0. The van der Waals surface area contributed by atoms with Gasteiger partial charge in [-0.15, -0.1) is 11.3 Å². The Morgan fingerprint density at radius 3 is 2.57 bits per heavy atom. The van der Waals surface area contributed by atoms with Crippen LogP contribution in [-0.2, 0) is 0 Å².